The Hall–Kier alpha value is -4.47. The summed E-state index contributed by atoms with van der Waals surface area (Å²) in [6.45, 7) is 0. The maximum atomic E-state index is 12.8. The smallest absolute Gasteiger partial charge is 0.416 e. The second-order valence-corrected chi connectivity index (χ2v) is 7.27. The Morgan fingerprint density at radius 2 is 1.53 bits per heavy atom. The van der Waals surface area contributed by atoms with Crippen LogP contribution in [0.4, 0.5) is 13.2 Å². The summed E-state index contributed by atoms with van der Waals surface area (Å²) < 4.78 is 44.7. The number of ether oxygens (including phenoxy) is 1. The van der Waals surface area contributed by atoms with Crippen molar-refractivity contribution in [1.82, 2.24) is 15.0 Å². The summed E-state index contributed by atoms with van der Waals surface area (Å²) in [5.41, 5.74) is 2.05. The number of hydrogen-bond acceptors (Lipinski definition) is 5. The quantitative estimate of drug-likeness (QED) is 0.410. The number of hydrogen-bond donors (Lipinski definition) is 1. The van der Waals surface area contributed by atoms with Crippen LogP contribution in [0.2, 0.25) is 0 Å². The number of aromatic nitrogens is 3. The molecule has 0 amide bonds. The first kappa shape index (κ1) is 22.7. The van der Waals surface area contributed by atoms with Crippen LogP contribution in [0.25, 0.3) is 28.1 Å². The lowest BCUT2D eigenvalue weighted by Gasteiger charge is -2.09. The number of esters is 1. The van der Waals surface area contributed by atoms with E-state index in [1.54, 1.807) is 24.3 Å². The van der Waals surface area contributed by atoms with Crippen molar-refractivity contribution in [2.75, 3.05) is 7.11 Å². The lowest BCUT2D eigenvalue weighted by molar-refractivity contribution is -0.137. The first-order chi connectivity index (χ1) is 16.2. The zero-order chi connectivity index (χ0) is 24.5. The van der Waals surface area contributed by atoms with E-state index in [-0.39, 0.29) is 11.1 Å². The monoisotopic (exact) mass is 467 g/mol. The van der Waals surface area contributed by atoms with Gasteiger partial charge in [0.05, 0.1) is 35.7 Å². The van der Waals surface area contributed by atoms with E-state index in [0.717, 1.165) is 12.1 Å². The molecule has 34 heavy (non-hydrogen) atoms. The Morgan fingerprint density at radius 1 is 0.882 bits per heavy atom. The number of carbonyl (C=O) groups is 2. The van der Waals surface area contributed by atoms with Crippen molar-refractivity contribution >= 4 is 11.9 Å². The van der Waals surface area contributed by atoms with E-state index in [4.69, 9.17) is 9.84 Å². The number of carboxylic acid groups (broad SMARTS) is 1. The number of aromatic carboxylic acids is 1. The van der Waals surface area contributed by atoms with Gasteiger partial charge in [0, 0.05) is 5.56 Å². The lowest BCUT2D eigenvalue weighted by atomic mass is 10.0. The molecule has 0 unspecified atom stereocenters. The van der Waals surface area contributed by atoms with Gasteiger partial charge in [-0.1, -0.05) is 29.5 Å². The second kappa shape index (κ2) is 8.81. The van der Waals surface area contributed by atoms with Gasteiger partial charge in [-0.3, -0.25) is 0 Å². The molecule has 7 nitrogen and oxygen atoms in total. The number of rotatable bonds is 5. The van der Waals surface area contributed by atoms with Crippen LogP contribution >= 0.6 is 0 Å². The molecule has 0 radical (unpaired) electrons. The highest BCUT2D eigenvalue weighted by atomic mass is 19.4. The van der Waals surface area contributed by atoms with Crippen LogP contribution in [-0.4, -0.2) is 39.1 Å². The minimum atomic E-state index is -4.44. The third kappa shape index (κ3) is 4.65. The standard InChI is InChI=1S/C24H16F3N3O4/c1-34-23(33)18-10-17(14-2-4-16(5-3-14)22(31)32)11-20(12-18)30-13-21(28-29-30)15-6-8-19(9-7-15)24(25,26)27/h2-13H,1H3,(H,31,32). The molecule has 0 aliphatic carbocycles. The predicted octanol–water partition coefficient (Wildman–Crippen LogP) is 5.10. The Morgan fingerprint density at radius 3 is 2.12 bits per heavy atom. The van der Waals surface area contributed by atoms with Crippen LogP contribution in [0.15, 0.2) is 72.9 Å². The minimum Gasteiger partial charge on any atom is -0.478 e. The van der Waals surface area contributed by atoms with Crippen molar-refractivity contribution in [3.63, 3.8) is 0 Å². The summed E-state index contributed by atoms with van der Waals surface area (Å²) in [5.74, 6) is -1.65. The summed E-state index contributed by atoms with van der Waals surface area (Å²) in [6.07, 6.45) is -2.92. The van der Waals surface area contributed by atoms with E-state index in [9.17, 15) is 22.8 Å². The van der Waals surface area contributed by atoms with Gasteiger partial charge in [0.25, 0.3) is 0 Å². The molecule has 1 heterocycles. The van der Waals surface area contributed by atoms with E-state index in [0.29, 0.717) is 28.1 Å². The number of carboxylic acids is 1. The molecule has 0 bridgehead atoms. The Bertz CT molecular complexity index is 1360. The Kier molecular flexibility index (Phi) is 5.89. The van der Waals surface area contributed by atoms with Gasteiger partial charge in [-0.2, -0.15) is 13.2 Å². The number of carbonyl (C=O) groups excluding carboxylic acids is 1. The highest BCUT2D eigenvalue weighted by Gasteiger charge is 2.30. The highest BCUT2D eigenvalue weighted by Crippen LogP contribution is 2.31. The number of halogens is 3. The average Bonchev–Trinajstić information content (AvgIpc) is 3.33. The molecule has 172 valence electrons. The summed E-state index contributed by atoms with van der Waals surface area (Å²) in [4.78, 5) is 23.3. The number of methoxy groups -OCH3 is 1. The second-order valence-electron chi connectivity index (χ2n) is 7.27. The zero-order valence-electron chi connectivity index (χ0n) is 17.6. The van der Waals surface area contributed by atoms with Crippen molar-refractivity contribution in [2.45, 2.75) is 6.18 Å². The molecule has 0 fully saturated rings. The highest BCUT2D eigenvalue weighted by molar-refractivity contribution is 5.92. The van der Waals surface area contributed by atoms with Crippen molar-refractivity contribution in [2.24, 2.45) is 0 Å². The van der Waals surface area contributed by atoms with Crippen molar-refractivity contribution in [3.05, 3.63) is 89.6 Å². The summed E-state index contributed by atoms with van der Waals surface area (Å²) in [7, 11) is 1.24. The van der Waals surface area contributed by atoms with Gasteiger partial charge in [0.2, 0.25) is 0 Å². The fourth-order valence-electron chi connectivity index (χ4n) is 3.30. The molecule has 4 rings (SSSR count). The van der Waals surface area contributed by atoms with Gasteiger partial charge in [-0.15, -0.1) is 5.10 Å². The van der Waals surface area contributed by atoms with Crippen LogP contribution in [-0.2, 0) is 10.9 Å². The van der Waals surface area contributed by atoms with Gasteiger partial charge >= 0.3 is 18.1 Å². The van der Waals surface area contributed by atoms with Crippen molar-refractivity contribution < 1.29 is 32.6 Å². The van der Waals surface area contributed by atoms with Crippen LogP contribution in [0, 0.1) is 0 Å². The first-order valence-corrected chi connectivity index (χ1v) is 9.83. The summed E-state index contributed by atoms with van der Waals surface area (Å²) in [6, 6.07) is 15.5. The number of nitrogens with zero attached hydrogens (tertiary/aromatic N) is 3. The van der Waals surface area contributed by atoms with Gasteiger partial charge in [0.15, 0.2) is 0 Å². The van der Waals surface area contributed by atoms with Gasteiger partial charge in [0.1, 0.15) is 5.69 Å². The van der Waals surface area contributed by atoms with Crippen molar-refractivity contribution in [3.8, 4) is 28.1 Å². The molecule has 0 atom stereocenters. The fourth-order valence-corrected chi connectivity index (χ4v) is 3.30. The van der Waals surface area contributed by atoms with Gasteiger partial charge in [-0.05, 0) is 53.6 Å². The first-order valence-electron chi connectivity index (χ1n) is 9.83. The molecule has 1 N–H and O–H groups in total. The number of alkyl halides is 3. The number of benzene rings is 3. The van der Waals surface area contributed by atoms with E-state index >= 15 is 0 Å². The largest absolute Gasteiger partial charge is 0.478 e. The average molecular weight is 467 g/mol. The van der Waals surface area contributed by atoms with Crippen molar-refractivity contribution in [1.29, 1.82) is 0 Å². The van der Waals surface area contributed by atoms with Crippen LogP contribution < -0.4 is 0 Å². The normalized spacial score (nSPS) is 11.3. The van der Waals surface area contributed by atoms with Gasteiger partial charge < -0.3 is 9.84 Å². The SMILES string of the molecule is COC(=O)c1cc(-c2ccc(C(=O)O)cc2)cc(-n2cc(-c3ccc(C(F)(F)F)cc3)nn2)c1. The molecule has 0 saturated carbocycles. The minimum absolute atomic E-state index is 0.116. The third-order valence-corrected chi connectivity index (χ3v) is 5.07. The van der Waals surface area contributed by atoms with E-state index in [1.165, 1.54) is 48.3 Å². The Balaban J connectivity index is 1.73. The van der Waals surface area contributed by atoms with Gasteiger partial charge in [-0.25, -0.2) is 14.3 Å². The molecule has 3 aromatic carbocycles. The topological polar surface area (TPSA) is 94.3 Å². The molecule has 10 heteroatoms. The molecule has 0 aliphatic heterocycles. The maximum absolute atomic E-state index is 12.8. The Labute approximate surface area is 191 Å². The summed E-state index contributed by atoms with van der Waals surface area (Å²) in [5, 5.41) is 17.2. The summed E-state index contributed by atoms with van der Waals surface area (Å²) >= 11 is 0. The van der Waals surface area contributed by atoms with E-state index in [1.807, 2.05) is 0 Å². The molecule has 1 aromatic heterocycles. The van der Waals surface area contributed by atoms with Crippen LogP contribution in [0.5, 0.6) is 0 Å². The van der Waals surface area contributed by atoms with E-state index < -0.39 is 23.7 Å². The van der Waals surface area contributed by atoms with Crippen LogP contribution in [0.3, 0.4) is 0 Å². The third-order valence-electron chi connectivity index (χ3n) is 5.07. The predicted molar refractivity (Wildman–Crippen MR) is 116 cm³/mol. The molecule has 0 aliphatic rings. The molecule has 0 spiro atoms. The fraction of sp³-hybridized carbons (Fsp3) is 0.0833. The van der Waals surface area contributed by atoms with E-state index in [2.05, 4.69) is 10.3 Å². The molecule has 4 aromatic rings. The lowest BCUT2D eigenvalue weighted by Crippen LogP contribution is -2.04. The zero-order valence-corrected chi connectivity index (χ0v) is 17.6. The molecule has 0 saturated heterocycles. The molecular weight excluding hydrogens is 451 g/mol. The molecular formula is C24H16F3N3O4. The maximum Gasteiger partial charge on any atom is 0.416 e. The van der Waals surface area contributed by atoms with Crippen LogP contribution in [0.1, 0.15) is 26.3 Å².